The zero-order valence-electron chi connectivity index (χ0n) is 11.0. The van der Waals surface area contributed by atoms with Crippen molar-refractivity contribution in [3.8, 4) is 23.3 Å². The van der Waals surface area contributed by atoms with Gasteiger partial charge in [0, 0.05) is 11.3 Å². The number of hydrogen-bond acceptors (Lipinski definition) is 4. The summed E-state index contributed by atoms with van der Waals surface area (Å²) in [6, 6.07) is 10.5. The molecule has 0 saturated heterocycles. The quantitative estimate of drug-likeness (QED) is 0.499. The number of anilines is 1. The summed E-state index contributed by atoms with van der Waals surface area (Å²) in [7, 11) is 0. The first-order valence-corrected chi connectivity index (χ1v) is 6.13. The van der Waals surface area contributed by atoms with Gasteiger partial charge in [0.15, 0.2) is 0 Å². The topological polar surface area (TPSA) is 89.8 Å². The highest BCUT2D eigenvalue weighted by molar-refractivity contribution is 6.06. The van der Waals surface area contributed by atoms with Gasteiger partial charge in [-0.05, 0) is 36.4 Å². The molecule has 5 heteroatoms. The van der Waals surface area contributed by atoms with Gasteiger partial charge in [-0.2, -0.15) is 0 Å². The number of amides is 1. The van der Waals surface area contributed by atoms with E-state index in [0.717, 1.165) is 0 Å². The van der Waals surface area contributed by atoms with Crippen molar-refractivity contribution >= 4 is 11.6 Å². The minimum absolute atomic E-state index is 0.0261. The predicted octanol–water partition coefficient (Wildman–Crippen LogP) is 1.69. The van der Waals surface area contributed by atoms with Gasteiger partial charge in [0.25, 0.3) is 5.91 Å². The molecule has 0 aliphatic heterocycles. The Morgan fingerprint density at radius 3 is 2.71 bits per heavy atom. The summed E-state index contributed by atoms with van der Waals surface area (Å²) in [6.45, 7) is -0.242. The van der Waals surface area contributed by atoms with E-state index in [1.54, 1.807) is 24.3 Å². The summed E-state index contributed by atoms with van der Waals surface area (Å²) in [4.78, 5) is 12.1. The van der Waals surface area contributed by atoms with Crippen LogP contribution in [0, 0.1) is 11.8 Å². The maximum Gasteiger partial charge on any atom is 0.259 e. The molecule has 0 unspecified atom stereocenters. The second-order valence-corrected chi connectivity index (χ2v) is 4.20. The molecule has 106 valence electrons. The molecular weight excluding hydrogens is 270 g/mol. The highest BCUT2D eigenvalue weighted by Gasteiger charge is 2.12. The molecule has 4 N–H and O–H groups in total. The van der Waals surface area contributed by atoms with E-state index in [4.69, 9.17) is 5.11 Å². The third kappa shape index (κ3) is 3.75. The Labute approximate surface area is 121 Å². The van der Waals surface area contributed by atoms with E-state index in [-0.39, 0.29) is 23.7 Å². The lowest BCUT2D eigenvalue weighted by molar-refractivity contribution is 0.102. The molecule has 2 aromatic carbocycles. The number of benzene rings is 2. The molecule has 0 aromatic heterocycles. The molecule has 0 aliphatic rings. The second-order valence-electron chi connectivity index (χ2n) is 4.20. The van der Waals surface area contributed by atoms with Gasteiger partial charge < -0.3 is 20.6 Å². The predicted molar refractivity (Wildman–Crippen MR) is 78.1 cm³/mol. The number of carbonyl (C=O) groups excluding carboxylic acids is 1. The number of hydrogen-bond donors (Lipinski definition) is 4. The van der Waals surface area contributed by atoms with Gasteiger partial charge in [-0.3, -0.25) is 4.79 Å². The van der Waals surface area contributed by atoms with Crippen molar-refractivity contribution in [1.29, 1.82) is 0 Å². The van der Waals surface area contributed by atoms with E-state index < -0.39 is 5.91 Å². The largest absolute Gasteiger partial charge is 0.508 e. The highest BCUT2D eigenvalue weighted by atomic mass is 16.3. The lowest BCUT2D eigenvalue weighted by Gasteiger charge is -2.07. The molecule has 5 nitrogen and oxygen atoms in total. The zero-order valence-corrected chi connectivity index (χ0v) is 11.0. The van der Waals surface area contributed by atoms with Crippen molar-refractivity contribution in [3.05, 3.63) is 53.6 Å². The molecule has 0 heterocycles. The van der Waals surface area contributed by atoms with Crippen LogP contribution in [0.1, 0.15) is 15.9 Å². The summed E-state index contributed by atoms with van der Waals surface area (Å²) >= 11 is 0. The first-order chi connectivity index (χ1) is 10.1. The Morgan fingerprint density at radius 2 is 1.95 bits per heavy atom. The molecular formula is C16H13NO4. The molecule has 2 aromatic rings. The summed E-state index contributed by atoms with van der Waals surface area (Å²) < 4.78 is 0. The van der Waals surface area contributed by atoms with E-state index in [9.17, 15) is 15.0 Å². The SMILES string of the molecule is O=C(Nc1cccc(C#CCO)c1)c1cc(O)ccc1O. The maximum atomic E-state index is 12.1. The van der Waals surface area contributed by atoms with Crippen LogP contribution >= 0.6 is 0 Å². The Bertz CT molecular complexity index is 729. The van der Waals surface area contributed by atoms with Crippen LogP contribution in [0.5, 0.6) is 11.5 Å². The van der Waals surface area contributed by atoms with Crippen LogP contribution in [0.15, 0.2) is 42.5 Å². The van der Waals surface area contributed by atoms with Gasteiger partial charge in [0.1, 0.15) is 18.1 Å². The van der Waals surface area contributed by atoms with Gasteiger partial charge in [-0.1, -0.05) is 17.9 Å². The summed E-state index contributed by atoms with van der Waals surface area (Å²) in [5.74, 6) is 4.36. The fourth-order valence-electron chi connectivity index (χ4n) is 1.72. The fourth-order valence-corrected chi connectivity index (χ4v) is 1.72. The van der Waals surface area contributed by atoms with Crippen LogP contribution in [0.3, 0.4) is 0 Å². The first-order valence-electron chi connectivity index (χ1n) is 6.13. The maximum absolute atomic E-state index is 12.1. The van der Waals surface area contributed by atoms with E-state index in [0.29, 0.717) is 11.3 Å². The average Bonchev–Trinajstić information content (AvgIpc) is 2.48. The molecule has 0 fully saturated rings. The molecule has 0 radical (unpaired) electrons. The van der Waals surface area contributed by atoms with E-state index in [2.05, 4.69) is 17.2 Å². The number of aromatic hydroxyl groups is 2. The standard InChI is InChI=1S/C16H13NO4/c18-8-2-4-11-3-1-5-12(9-11)17-16(21)14-10-13(19)6-7-15(14)20/h1,3,5-7,9-10,18-20H,8H2,(H,17,21). The van der Waals surface area contributed by atoms with Crippen LogP contribution < -0.4 is 5.32 Å². The number of carbonyl (C=O) groups is 1. The van der Waals surface area contributed by atoms with Crippen molar-refractivity contribution in [1.82, 2.24) is 0 Å². The van der Waals surface area contributed by atoms with Crippen LogP contribution in [0.2, 0.25) is 0 Å². The molecule has 0 atom stereocenters. The lowest BCUT2D eigenvalue weighted by atomic mass is 10.1. The van der Waals surface area contributed by atoms with Crippen molar-refractivity contribution < 1.29 is 20.1 Å². The smallest absolute Gasteiger partial charge is 0.259 e. The second kappa shape index (κ2) is 6.46. The van der Waals surface area contributed by atoms with Crippen LogP contribution in [0.25, 0.3) is 0 Å². The number of aliphatic hydroxyl groups excluding tert-OH is 1. The molecule has 0 aliphatic carbocycles. The number of phenols is 2. The number of phenolic OH excluding ortho intramolecular Hbond substituents is 2. The molecule has 2 rings (SSSR count). The van der Waals surface area contributed by atoms with E-state index in [1.165, 1.54) is 18.2 Å². The van der Waals surface area contributed by atoms with E-state index >= 15 is 0 Å². The Morgan fingerprint density at radius 1 is 1.14 bits per heavy atom. The average molecular weight is 283 g/mol. The molecule has 0 bridgehead atoms. The Hall–Kier alpha value is -2.97. The van der Waals surface area contributed by atoms with Crippen molar-refractivity contribution in [2.24, 2.45) is 0 Å². The number of aliphatic hydroxyl groups is 1. The van der Waals surface area contributed by atoms with Crippen molar-refractivity contribution in [3.63, 3.8) is 0 Å². The third-order valence-electron chi connectivity index (χ3n) is 2.66. The highest BCUT2D eigenvalue weighted by Crippen LogP contribution is 2.23. The minimum Gasteiger partial charge on any atom is -0.508 e. The molecule has 0 spiro atoms. The van der Waals surface area contributed by atoms with Crippen LogP contribution in [-0.4, -0.2) is 27.8 Å². The van der Waals surface area contributed by atoms with Crippen LogP contribution in [-0.2, 0) is 0 Å². The van der Waals surface area contributed by atoms with Gasteiger partial charge >= 0.3 is 0 Å². The lowest BCUT2D eigenvalue weighted by Crippen LogP contribution is -2.12. The summed E-state index contributed by atoms with van der Waals surface area (Å²) in [6.07, 6.45) is 0. The molecule has 0 saturated carbocycles. The minimum atomic E-state index is -0.546. The normalized spacial score (nSPS) is 9.57. The van der Waals surface area contributed by atoms with Crippen molar-refractivity contribution in [2.45, 2.75) is 0 Å². The van der Waals surface area contributed by atoms with Gasteiger partial charge in [-0.15, -0.1) is 0 Å². The van der Waals surface area contributed by atoms with E-state index in [1.807, 2.05) is 0 Å². The Balaban J connectivity index is 2.21. The van der Waals surface area contributed by atoms with Crippen molar-refractivity contribution in [2.75, 3.05) is 11.9 Å². The summed E-state index contributed by atoms with van der Waals surface area (Å²) in [5, 5.41) is 30.2. The third-order valence-corrected chi connectivity index (χ3v) is 2.66. The van der Waals surface area contributed by atoms with Gasteiger partial charge in [0.05, 0.1) is 5.56 Å². The fraction of sp³-hybridized carbons (Fsp3) is 0.0625. The van der Waals surface area contributed by atoms with Crippen LogP contribution in [0.4, 0.5) is 5.69 Å². The zero-order chi connectivity index (χ0) is 15.2. The summed E-state index contributed by atoms with van der Waals surface area (Å²) in [5.41, 5.74) is 1.11. The monoisotopic (exact) mass is 283 g/mol. The van der Waals surface area contributed by atoms with Gasteiger partial charge in [0.2, 0.25) is 0 Å². The molecule has 1 amide bonds. The molecule has 21 heavy (non-hydrogen) atoms. The number of rotatable bonds is 2. The number of nitrogens with one attached hydrogen (secondary N) is 1. The first kappa shape index (κ1) is 14.4. The Kier molecular flexibility index (Phi) is 4.44. The van der Waals surface area contributed by atoms with Gasteiger partial charge in [-0.25, -0.2) is 0 Å².